The van der Waals surface area contributed by atoms with Crippen LogP contribution in [0.25, 0.3) is 0 Å². The molecule has 0 aromatic heterocycles. The molecular formula is C26H45NO3. The molecule has 1 aliphatic rings. The van der Waals surface area contributed by atoms with E-state index in [-0.39, 0.29) is 5.41 Å². The number of hydrogen-bond acceptors (Lipinski definition) is 4. The predicted octanol–water partition coefficient (Wildman–Crippen LogP) is 5.13. The van der Waals surface area contributed by atoms with Crippen molar-refractivity contribution in [1.82, 2.24) is 4.90 Å². The lowest BCUT2D eigenvalue weighted by atomic mass is 9.72. The molecule has 0 radical (unpaired) electrons. The zero-order valence-electron chi connectivity index (χ0n) is 20.4. The second kappa shape index (κ2) is 11.0. The van der Waals surface area contributed by atoms with E-state index in [1.54, 1.807) is 0 Å². The van der Waals surface area contributed by atoms with Crippen LogP contribution >= 0.6 is 0 Å². The number of likely N-dealkylation sites (tertiary alicyclic amines) is 1. The van der Waals surface area contributed by atoms with Crippen LogP contribution in [0.5, 0.6) is 5.75 Å². The number of nitrogens with zero attached hydrogens (tertiary/aromatic N) is 1. The Morgan fingerprint density at radius 3 is 2.17 bits per heavy atom. The molecule has 1 saturated heterocycles. The van der Waals surface area contributed by atoms with Crippen molar-refractivity contribution in [2.24, 2.45) is 17.3 Å². The summed E-state index contributed by atoms with van der Waals surface area (Å²) in [5, 5.41) is 10.3. The van der Waals surface area contributed by atoms with Crippen molar-refractivity contribution in [3.63, 3.8) is 0 Å². The van der Waals surface area contributed by atoms with Crippen LogP contribution in [0, 0.1) is 17.3 Å². The second-order valence-corrected chi connectivity index (χ2v) is 11.4. The Balaban J connectivity index is 1.66. The molecule has 1 heterocycles. The first-order valence-electron chi connectivity index (χ1n) is 11.7. The van der Waals surface area contributed by atoms with Gasteiger partial charge in [0.2, 0.25) is 0 Å². The number of piperidine rings is 1. The number of β-amino-alcohol motifs (C(OH)–C–C–N with tert-alkyl or cyclic N) is 1. The van der Waals surface area contributed by atoms with Crippen LogP contribution in [0.15, 0.2) is 24.3 Å². The summed E-state index contributed by atoms with van der Waals surface area (Å²) < 4.78 is 11.5. The van der Waals surface area contributed by atoms with Crippen molar-refractivity contribution >= 4 is 0 Å². The van der Waals surface area contributed by atoms with Crippen molar-refractivity contribution in [2.75, 3.05) is 39.5 Å². The second-order valence-electron chi connectivity index (χ2n) is 11.4. The normalized spacial score (nSPS) is 22.1. The average Bonchev–Trinajstić information content (AvgIpc) is 2.59. The van der Waals surface area contributed by atoms with Gasteiger partial charge in [0.25, 0.3) is 0 Å². The lowest BCUT2D eigenvalue weighted by Gasteiger charge is -2.35. The zero-order valence-corrected chi connectivity index (χ0v) is 20.4. The summed E-state index contributed by atoms with van der Waals surface area (Å²) in [6, 6.07) is 8.44. The van der Waals surface area contributed by atoms with E-state index in [9.17, 15) is 5.11 Å². The molecule has 1 aromatic carbocycles. The highest BCUT2D eigenvalue weighted by Gasteiger charge is 2.27. The minimum atomic E-state index is -0.438. The lowest BCUT2D eigenvalue weighted by Crippen LogP contribution is -2.43. The first-order chi connectivity index (χ1) is 13.9. The Labute approximate surface area is 185 Å². The third kappa shape index (κ3) is 8.95. The van der Waals surface area contributed by atoms with E-state index in [1.807, 2.05) is 12.1 Å². The molecule has 172 valence electrons. The van der Waals surface area contributed by atoms with Crippen molar-refractivity contribution < 1.29 is 14.6 Å². The third-order valence-electron chi connectivity index (χ3n) is 5.83. The van der Waals surface area contributed by atoms with Gasteiger partial charge in [-0.2, -0.15) is 0 Å². The molecule has 0 spiro atoms. The van der Waals surface area contributed by atoms with Gasteiger partial charge in [0.15, 0.2) is 0 Å². The fraction of sp³-hybridized carbons (Fsp3) is 0.769. The summed E-state index contributed by atoms with van der Waals surface area (Å²) in [4.78, 5) is 2.37. The molecule has 1 aromatic rings. The minimum absolute atomic E-state index is 0.139. The maximum atomic E-state index is 10.3. The minimum Gasteiger partial charge on any atom is -0.491 e. The van der Waals surface area contributed by atoms with Crippen molar-refractivity contribution in [1.29, 1.82) is 0 Å². The molecule has 0 unspecified atom stereocenters. The van der Waals surface area contributed by atoms with Gasteiger partial charge < -0.3 is 19.5 Å². The molecular weight excluding hydrogens is 374 g/mol. The molecule has 3 atom stereocenters. The van der Waals surface area contributed by atoms with E-state index in [2.05, 4.69) is 65.5 Å². The molecule has 0 saturated carbocycles. The van der Waals surface area contributed by atoms with Crippen molar-refractivity contribution in [3.05, 3.63) is 29.8 Å². The van der Waals surface area contributed by atoms with E-state index in [1.165, 1.54) is 12.0 Å². The first-order valence-corrected chi connectivity index (χ1v) is 11.7. The fourth-order valence-electron chi connectivity index (χ4n) is 5.16. The van der Waals surface area contributed by atoms with Crippen molar-refractivity contribution in [2.45, 2.75) is 72.8 Å². The maximum absolute atomic E-state index is 10.3. The highest BCUT2D eigenvalue weighted by molar-refractivity contribution is 5.31. The SMILES string of the molecule is C[C@H]1C[C@H](C)CN(C[C@@H](O)COCCOc2ccc(C(C)(C)CC(C)(C)C)cc2)C1. The zero-order chi connectivity index (χ0) is 22.4. The quantitative estimate of drug-likeness (QED) is 0.534. The van der Waals surface area contributed by atoms with Crippen LogP contribution in [-0.2, 0) is 10.2 Å². The van der Waals surface area contributed by atoms with E-state index < -0.39 is 6.10 Å². The van der Waals surface area contributed by atoms with Gasteiger partial charge in [-0.25, -0.2) is 0 Å². The fourth-order valence-corrected chi connectivity index (χ4v) is 5.16. The summed E-state index contributed by atoms with van der Waals surface area (Å²) in [7, 11) is 0. The Kier molecular flexibility index (Phi) is 9.20. The van der Waals surface area contributed by atoms with Crippen LogP contribution in [0.4, 0.5) is 0 Å². The Morgan fingerprint density at radius 1 is 1.00 bits per heavy atom. The topological polar surface area (TPSA) is 41.9 Å². The molecule has 30 heavy (non-hydrogen) atoms. The van der Waals surface area contributed by atoms with E-state index in [4.69, 9.17) is 9.47 Å². The van der Waals surface area contributed by atoms with Crippen LogP contribution < -0.4 is 4.74 Å². The van der Waals surface area contributed by atoms with Crippen LogP contribution in [0.1, 0.15) is 66.9 Å². The largest absolute Gasteiger partial charge is 0.491 e. The summed E-state index contributed by atoms with van der Waals surface area (Å²) in [6.45, 7) is 20.3. The van der Waals surface area contributed by atoms with Gasteiger partial charge in [-0.3, -0.25) is 0 Å². The van der Waals surface area contributed by atoms with Gasteiger partial charge in [0.1, 0.15) is 12.4 Å². The molecule has 1 N–H and O–H groups in total. The monoisotopic (exact) mass is 419 g/mol. The average molecular weight is 420 g/mol. The van der Waals surface area contributed by atoms with E-state index in [0.717, 1.165) is 25.3 Å². The van der Waals surface area contributed by atoms with Gasteiger partial charge in [-0.1, -0.05) is 60.6 Å². The molecule has 4 heteroatoms. The molecule has 0 aliphatic carbocycles. The Bertz CT molecular complexity index is 610. The number of ether oxygens (including phenoxy) is 2. The highest BCUT2D eigenvalue weighted by atomic mass is 16.5. The third-order valence-corrected chi connectivity index (χ3v) is 5.83. The Morgan fingerprint density at radius 2 is 1.60 bits per heavy atom. The highest BCUT2D eigenvalue weighted by Crippen LogP contribution is 2.36. The van der Waals surface area contributed by atoms with Gasteiger partial charge in [0, 0.05) is 19.6 Å². The smallest absolute Gasteiger partial charge is 0.119 e. The predicted molar refractivity (Wildman–Crippen MR) is 125 cm³/mol. The van der Waals surface area contributed by atoms with Crippen molar-refractivity contribution in [3.8, 4) is 5.75 Å². The summed E-state index contributed by atoms with van der Waals surface area (Å²) in [5.74, 6) is 2.28. The van der Waals surface area contributed by atoms with E-state index >= 15 is 0 Å². The molecule has 1 aliphatic heterocycles. The van der Waals surface area contributed by atoms with Gasteiger partial charge >= 0.3 is 0 Å². The van der Waals surface area contributed by atoms with E-state index in [0.29, 0.717) is 43.6 Å². The molecule has 4 nitrogen and oxygen atoms in total. The van der Waals surface area contributed by atoms with Crippen LogP contribution in [0.2, 0.25) is 0 Å². The summed E-state index contributed by atoms with van der Waals surface area (Å²) >= 11 is 0. The molecule has 1 fully saturated rings. The van der Waals surface area contributed by atoms with Gasteiger partial charge in [0.05, 0.1) is 19.3 Å². The summed E-state index contributed by atoms with van der Waals surface area (Å²) in [5.41, 5.74) is 1.77. The van der Waals surface area contributed by atoms with Gasteiger partial charge in [-0.05, 0) is 53.2 Å². The van der Waals surface area contributed by atoms with Gasteiger partial charge in [-0.15, -0.1) is 0 Å². The molecule has 0 bridgehead atoms. The summed E-state index contributed by atoms with van der Waals surface area (Å²) in [6.07, 6.45) is 1.98. The number of aliphatic hydroxyl groups is 1. The maximum Gasteiger partial charge on any atom is 0.119 e. The first kappa shape index (κ1) is 25.2. The van der Waals surface area contributed by atoms with Crippen LogP contribution in [-0.4, -0.2) is 55.6 Å². The number of benzene rings is 1. The number of aliphatic hydroxyl groups excluding tert-OH is 1. The standard InChI is InChI=1S/C26H45NO3/c1-20-14-21(2)16-27(15-20)17-23(28)18-29-12-13-30-24-10-8-22(9-11-24)26(6,7)19-25(3,4)5/h8-11,20-21,23,28H,12-19H2,1-7H3/t20-,21-,23+/m0/s1. The lowest BCUT2D eigenvalue weighted by molar-refractivity contribution is -0.00211. The molecule has 2 rings (SSSR count). The van der Waals surface area contributed by atoms with Crippen LogP contribution in [0.3, 0.4) is 0 Å². The Hall–Kier alpha value is -1.10. The number of rotatable bonds is 10. The molecule has 0 amide bonds. The number of hydrogen-bond donors (Lipinski definition) is 1.